The van der Waals surface area contributed by atoms with E-state index >= 15 is 0 Å². The Hall–Kier alpha value is -0.620. The number of rotatable bonds is 8. The van der Waals surface area contributed by atoms with E-state index in [1.807, 2.05) is 0 Å². The number of hydrogen-bond donors (Lipinski definition) is 1. The van der Waals surface area contributed by atoms with Gasteiger partial charge in [0.1, 0.15) is 0 Å². The largest absolute Gasteiger partial charge is 0.466 e. The maximum atomic E-state index is 11.4. The molecule has 0 bridgehead atoms. The smallest absolute Gasteiger partial charge is 0.305 e. The molecule has 0 spiro atoms. The van der Waals surface area contributed by atoms with Crippen molar-refractivity contribution in [1.29, 1.82) is 0 Å². The zero-order valence-corrected chi connectivity index (χ0v) is 10.4. The second-order valence-electron chi connectivity index (χ2n) is 4.03. The van der Waals surface area contributed by atoms with E-state index < -0.39 is 10.0 Å². The van der Waals surface area contributed by atoms with Crippen molar-refractivity contribution in [3.8, 4) is 0 Å². The van der Waals surface area contributed by atoms with Gasteiger partial charge < -0.3 is 4.74 Å². The average Bonchev–Trinajstić information content (AvgIpc) is 2.96. The number of carbonyl (C=O) groups excluding carboxylic acids is 1. The van der Waals surface area contributed by atoms with Crippen LogP contribution in [0.4, 0.5) is 0 Å². The molecule has 1 aliphatic carbocycles. The number of esters is 1. The van der Waals surface area contributed by atoms with Crippen LogP contribution in [0, 0.1) is 5.92 Å². The van der Waals surface area contributed by atoms with Crippen LogP contribution in [-0.2, 0) is 19.6 Å². The Kier molecular flexibility index (Phi) is 5.21. The number of ether oxygens (including phenoxy) is 1. The van der Waals surface area contributed by atoms with Crippen LogP contribution in [0.25, 0.3) is 0 Å². The van der Waals surface area contributed by atoms with E-state index in [9.17, 15) is 13.2 Å². The second kappa shape index (κ2) is 6.20. The molecule has 0 aromatic heterocycles. The topological polar surface area (TPSA) is 72.5 Å². The predicted octanol–water partition coefficient (Wildman–Crippen LogP) is 0.659. The Balaban J connectivity index is 2.07. The van der Waals surface area contributed by atoms with Gasteiger partial charge >= 0.3 is 5.97 Å². The van der Waals surface area contributed by atoms with E-state index in [0.29, 0.717) is 25.5 Å². The van der Waals surface area contributed by atoms with Gasteiger partial charge in [-0.2, -0.15) is 0 Å². The molecule has 0 radical (unpaired) electrons. The summed E-state index contributed by atoms with van der Waals surface area (Å²) < 4.78 is 30.1. The second-order valence-corrected chi connectivity index (χ2v) is 5.88. The first-order chi connectivity index (χ1) is 7.53. The summed E-state index contributed by atoms with van der Waals surface area (Å²) in [6, 6.07) is 0. The third kappa shape index (κ3) is 6.07. The van der Waals surface area contributed by atoms with Gasteiger partial charge in [-0.3, -0.25) is 4.79 Å². The summed E-state index contributed by atoms with van der Waals surface area (Å²) in [7, 11) is -3.13. The van der Waals surface area contributed by atoms with E-state index in [2.05, 4.69) is 4.72 Å². The lowest BCUT2D eigenvalue weighted by Gasteiger charge is -2.05. The maximum absolute atomic E-state index is 11.4. The number of sulfonamides is 1. The van der Waals surface area contributed by atoms with Crippen LogP contribution in [0.3, 0.4) is 0 Å². The summed E-state index contributed by atoms with van der Waals surface area (Å²) in [4.78, 5) is 11.0. The van der Waals surface area contributed by atoms with Gasteiger partial charge in [-0.1, -0.05) is 0 Å². The van der Waals surface area contributed by atoms with Crippen molar-refractivity contribution in [2.45, 2.75) is 32.6 Å². The Morgan fingerprint density at radius 3 is 2.69 bits per heavy atom. The van der Waals surface area contributed by atoms with Crippen LogP contribution in [-0.4, -0.2) is 33.3 Å². The molecule has 6 heteroatoms. The van der Waals surface area contributed by atoms with Gasteiger partial charge in [0.15, 0.2) is 0 Å². The summed E-state index contributed by atoms with van der Waals surface area (Å²) in [5.74, 6) is 0.304. The third-order valence-corrected chi connectivity index (χ3v) is 3.89. The molecule has 1 aliphatic rings. The van der Waals surface area contributed by atoms with Crippen molar-refractivity contribution in [2.24, 2.45) is 5.92 Å². The summed E-state index contributed by atoms with van der Waals surface area (Å²) in [6.45, 7) is 2.43. The maximum Gasteiger partial charge on any atom is 0.305 e. The fourth-order valence-electron chi connectivity index (χ4n) is 1.35. The minimum absolute atomic E-state index is 0.229. The summed E-state index contributed by atoms with van der Waals surface area (Å²) in [6.07, 6.45) is 2.79. The Labute approximate surface area is 96.6 Å². The van der Waals surface area contributed by atoms with E-state index in [0.717, 1.165) is 12.8 Å². The Morgan fingerprint density at radius 2 is 2.12 bits per heavy atom. The van der Waals surface area contributed by atoms with Crippen LogP contribution < -0.4 is 4.72 Å². The molecular weight excluding hydrogens is 230 g/mol. The van der Waals surface area contributed by atoms with Gasteiger partial charge in [0, 0.05) is 13.0 Å². The molecule has 1 N–H and O–H groups in total. The molecule has 0 aliphatic heterocycles. The zero-order chi connectivity index (χ0) is 12.0. The molecule has 1 fully saturated rings. The SMILES string of the molecule is CCOC(=O)CCCNS(=O)(=O)CC1CC1. The first kappa shape index (κ1) is 13.4. The van der Waals surface area contributed by atoms with Crippen LogP contribution >= 0.6 is 0 Å². The molecule has 94 valence electrons. The van der Waals surface area contributed by atoms with Gasteiger partial charge in [-0.25, -0.2) is 13.1 Å². The minimum atomic E-state index is -3.13. The molecule has 0 saturated heterocycles. The Morgan fingerprint density at radius 1 is 1.44 bits per heavy atom. The molecule has 5 nitrogen and oxygen atoms in total. The van der Waals surface area contributed by atoms with Crippen LogP contribution in [0.2, 0.25) is 0 Å². The quantitative estimate of drug-likeness (QED) is 0.506. The molecule has 0 unspecified atom stereocenters. The van der Waals surface area contributed by atoms with Crippen molar-refractivity contribution in [2.75, 3.05) is 18.9 Å². The summed E-state index contributed by atoms with van der Waals surface area (Å²) in [5.41, 5.74) is 0. The fraction of sp³-hybridized carbons (Fsp3) is 0.900. The van der Waals surface area contributed by atoms with E-state index in [1.165, 1.54) is 0 Å². The lowest BCUT2D eigenvalue weighted by molar-refractivity contribution is -0.143. The van der Waals surface area contributed by atoms with Crippen molar-refractivity contribution in [3.63, 3.8) is 0 Å². The van der Waals surface area contributed by atoms with Gasteiger partial charge in [-0.05, 0) is 32.1 Å². The molecule has 0 atom stereocenters. The van der Waals surface area contributed by atoms with Crippen molar-refractivity contribution in [3.05, 3.63) is 0 Å². The number of hydrogen-bond acceptors (Lipinski definition) is 4. The van der Waals surface area contributed by atoms with E-state index in [4.69, 9.17) is 4.74 Å². The number of nitrogens with one attached hydrogen (secondary N) is 1. The average molecular weight is 249 g/mol. The highest BCUT2D eigenvalue weighted by molar-refractivity contribution is 7.89. The molecule has 0 heterocycles. The van der Waals surface area contributed by atoms with Gasteiger partial charge in [0.05, 0.1) is 12.4 Å². The molecule has 1 saturated carbocycles. The highest BCUT2D eigenvalue weighted by Crippen LogP contribution is 2.29. The molecule has 16 heavy (non-hydrogen) atoms. The highest BCUT2D eigenvalue weighted by atomic mass is 32.2. The van der Waals surface area contributed by atoms with Crippen molar-refractivity contribution in [1.82, 2.24) is 4.72 Å². The van der Waals surface area contributed by atoms with Crippen LogP contribution in [0.1, 0.15) is 32.6 Å². The Bertz CT molecular complexity index is 322. The van der Waals surface area contributed by atoms with Gasteiger partial charge in [0.25, 0.3) is 0 Å². The minimum Gasteiger partial charge on any atom is -0.466 e. The zero-order valence-electron chi connectivity index (χ0n) is 9.57. The normalized spacial score (nSPS) is 16.1. The van der Waals surface area contributed by atoms with Crippen molar-refractivity contribution < 1.29 is 17.9 Å². The van der Waals surface area contributed by atoms with Gasteiger partial charge in [-0.15, -0.1) is 0 Å². The lowest BCUT2D eigenvalue weighted by atomic mass is 10.3. The van der Waals surface area contributed by atoms with E-state index in [1.54, 1.807) is 6.92 Å². The third-order valence-electron chi connectivity index (χ3n) is 2.34. The van der Waals surface area contributed by atoms with Crippen LogP contribution in [0.15, 0.2) is 0 Å². The first-order valence-electron chi connectivity index (χ1n) is 5.66. The van der Waals surface area contributed by atoms with E-state index in [-0.39, 0.29) is 18.1 Å². The molecule has 0 amide bonds. The summed E-state index contributed by atoms with van der Waals surface area (Å²) >= 11 is 0. The lowest BCUT2D eigenvalue weighted by Crippen LogP contribution is -2.28. The fourth-order valence-corrected chi connectivity index (χ4v) is 2.87. The molecule has 0 aromatic carbocycles. The predicted molar refractivity (Wildman–Crippen MR) is 60.4 cm³/mol. The monoisotopic (exact) mass is 249 g/mol. The molecular formula is C10H19NO4S. The van der Waals surface area contributed by atoms with Crippen LogP contribution in [0.5, 0.6) is 0 Å². The standard InChI is InChI=1S/C10H19NO4S/c1-2-15-10(12)4-3-7-11-16(13,14)8-9-5-6-9/h9,11H,2-8H2,1H3. The first-order valence-corrected chi connectivity index (χ1v) is 7.31. The van der Waals surface area contributed by atoms with Gasteiger partial charge in [0.2, 0.25) is 10.0 Å². The highest BCUT2D eigenvalue weighted by Gasteiger charge is 2.27. The van der Waals surface area contributed by atoms with Crippen molar-refractivity contribution >= 4 is 16.0 Å². The molecule has 1 rings (SSSR count). The summed E-state index contributed by atoms with van der Waals surface area (Å²) in [5, 5.41) is 0. The number of carbonyl (C=O) groups is 1. The molecule has 0 aromatic rings.